The van der Waals surface area contributed by atoms with Gasteiger partial charge < -0.3 is 10.2 Å². The van der Waals surface area contributed by atoms with Gasteiger partial charge in [0.15, 0.2) is 0 Å². The van der Waals surface area contributed by atoms with Gasteiger partial charge >= 0.3 is 11.9 Å². The van der Waals surface area contributed by atoms with Crippen LogP contribution >= 0.6 is 0 Å². The molecule has 4 unspecified atom stereocenters. The Morgan fingerprint density at radius 3 is 2.14 bits per heavy atom. The molecule has 3 saturated carbocycles. The van der Waals surface area contributed by atoms with Gasteiger partial charge in [-0.25, -0.2) is 9.59 Å². The summed E-state index contributed by atoms with van der Waals surface area (Å²) < 4.78 is 0. The molecule has 3 aliphatic rings. The molecule has 0 aromatic carbocycles. The number of aliphatic carboxylic acids is 2. The predicted molar refractivity (Wildman–Crippen MR) is 82.3 cm³/mol. The third-order valence-electron chi connectivity index (χ3n) is 6.34. The van der Waals surface area contributed by atoms with E-state index in [0.29, 0.717) is 5.92 Å². The van der Waals surface area contributed by atoms with Gasteiger partial charge in [0.05, 0.1) is 0 Å². The van der Waals surface area contributed by atoms with Gasteiger partial charge in [-0.05, 0) is 74.0 Å². The SMILES string of the molecule is O=C(O)C=CCC1(CC=CC(=O)O)CCC2C3CCC(C3)C21. The summed E-state index contributed by atoms with van der Waals surface area (Å²) in [6.07, 6.45) is 13.9. The number of carboxylic acid groups (broad SMARTS) is 2. The minimum Gasteiger partial charge on any atom is -0.478 e. The highest BCUT2D eigenvalue weighted by Crippen LogP contribution is 2.67. The van der Waals surface area contributed by atoms with E-state index in [0.717, 1.165) is 37.0 Å². The van der Waals surface area contributed by atoms with Crippen LogP contribution in [0.15, 0.2) is 24.3 Å². The second-order valence-electron chi connectivity index (χ2n) is 7.31. The maximum Gasteiger partial charge on any atom is 0.327 e. The highest BCUT2D eigenvalue weighted by molar-refractivity contribution is 5.80. The van der Waals surface area contributed by atoms with Gasteiger partial charge in [0.25, 0.3) is 0 Å². The van der Waals surface area contributed by atoms with Crippen LogP contribution in [-0.2, 0) is 9.59 Å². The van der Waals surface area contributed by atoms with E-state index in [1.54, 1.807) is 12.2 Å². The first-order chi connectivity index (χ1) is 10.5. The van der Waals surface area contributed by atoms with Gasteiger partial charge in [0, 0.05) is 12.2 Å². The summed E-state index contributed by atoms with van der Waals surface area (Å²) in [5.74, 6) is 1.27. The minimum absolute atomic E-state index is 0.0718. The van der Waals surface area contributed by atoms with Gasteiger partial charge in [-0.1, -0.05) is 12.2 Å². The fraction of sp³-hybridized carbons (Fsp3) is 0.667. The van der Waals surface area contributed by atoms with Gasteiger partial charge in [-0.2, -0.15) is 0 Å². The lowest BCUT2D eigenvalue weighted by Gasteiger charge is -2.39. The first kappa shape index (κ1) is 15.3. The van der Waals surface area contributed by atoms with Crippen molar-refractivity contribution in [1.29, 1.82) is 0 Å². The number of hydrogen-bond acceptors (Lipinski definition) is 2. The van der Waals surface area contributed by atoms with Gasteiger partial charge in [0.1, 0.15) is 0 Å². The van der Waals surface area contributed by atoms with Crippen molar-refractivity contribution in [3.8, 4) is 0 Å². The Hall–Kier alpha value is -1.58. The second kappa shape index (κ2) is 5.90. The van der Waals surface area contributed by atoms with E-state index in [1.165, 1.54) is 37.8 Å². The zero-order valence-electron chi connectivity index (χ0n) is 12.8. The van der Waals surface area contributed by atoms with Crippen LogP contribution in [0.25, 0.3) is 0 Å². The quantitative estimate of drug-likeness (QED) is 0.737. The largest absolute Gasteiger partial charge is 0.478 e. The van der Waals surface area contributed by atoms with Crippen LogP contribution in [0.3, 0.4) is 0 Å². The van der Waals surface area contributed by atoms with Gasteiger partial charge in [-0.3, -0.25) is 0 Å². The molecule has 0 heterocycles. The molecule has 0 saturated heterocycles. The van der Waals surface area contributed by atoms with Crippen molar-refractivity contribution in [1.82, 2.24) is 0 Å². The molecule has 22 heavy (non-hydrogen) atoms. The number of fused-ring (bicyclic) bond motifs is 5. The Balaban J connectivity index is 1.80. The molecule has 3 fully saturated rings. The fourth-order valence-electron chi connectivity index (χ4n) is 5.75. The van der Waals surface area contributed by atoms with Crippen molar-refractivity contribution in [2.45, 2.75) is 44.9 Å². The third-order valence-corrected chi connectivity index (χ3v) is 6.34. The van der Waals surface area contributed by atoms with Crippen molar-refractivity contribution in [3.05, 3.63) is 24.3 Å². The average molecular weight is 304 g/mol. The maximum absolute atomic E-state index is 10.8. The summed E-state index contributed by atoms with van der Waals surface area (Å²) in [7, 11) is 0. The standard InChI is InChI=1S/C18H24O4/c19-15(20)3-1-8-18(9-2-4-16(21)22)10-7-14-12-5-6-13(11-12)17(14)18/h1-4,12-14,17H,5-11H2,(H,19,20)(H,21,22). The van der Waals surface area contributed by atoms with Crippen LogP contribution in [0.1, 0.15) is 44.9 Å². The lowest BCUT2D eigenvalue weighted by molar-refractivity contribution is -0.132. The van der Waals surface area contributed by atoms with Crippen LogP contribution in [-0.4, -0.2) is 22.2 Å². The van der Waals surface area contributed by atoms with E-state index in [2.05, 4.69) is 0 Å². The molecule has 0 amide bonds. The molecule has 0 radical (unpaired) electrons. The van der Waals surface area contributed by atoms with E-state index in [1.807, 2.05) is 0 Å². The number of hydrogen-bond donors (Lipinski definition) is 2. The van der Waals surface area contributed by atoms with Crippen molar-refractivity contribution in [2.75, 3.05) is 0 Å². The highest BCUT2D eigenvalue weighted by Gasteiger charge is 2.58. The van der Waals surface area contributed by atoms with E-state index < -0.39 is 11.9 Å². The van der Waals surface area contributed by atoms with Gasteiger partial charge in [0.2, 0.25) is 0 Å². The normalized spacial score (nSPS) is 39.8. The monoisotopic (exact) mass is 304 g/mol. The smallest absolute Gasteiger partial charge is 0.327 e. The van der Waals surface area contributed by atoms with E-state index in [4.69, 9.17) is 10.2 Å². The third kappa shape index (κ3) is 2.71. The summed E-state index contributed by atoms with van der Waals surface area (Å²) in [4.78, 5) is 21.5. The van der Waals surface area contributed by atoms with E-state index in [-0.39, 0.29) is 5.41 Å². The maximum atomic E-state index is 10.8. The average Bonchev–Trinajstić information content (AvgIpc) is 3.11. The summed E-state index contributed by atoms with van der Waals surface area (Å²) >= 11 is 0. The lowest BCUT2D eigenvalue weighted by Crippen LogP contribution is -2.32. The van der Waals surface area contributed by atoms with E-state index >= 15 is 0 Å². The Bertz CT molecular complexity index is 493. The molecule has 3 rings (SSSR count). The summed E-state index contributed by atoms with van der Waals surface area (Å²) in [5.41, 5.74) is 0.0718. The zero-order valence-corrected chi connectivity index (χ0v) is 12.8. The van der Waals surface area contributed by atoms with Gasteiger partial charge in [-0.15, -0.1) is 0 Å². The molecule has 2 N–H and O–H groups in total. The predicted octanol–water partition coefficient (Wildman–Crippen LogP) is 3.49. The summed E-state index contributed by atoms with van der Waals surface area (Å²) in [6.45, 7) is 0. The highest BCUT2D eigenvalue weighted by atomic mass is 16.4. The molecule has 0 aromatic rings. The Morgan fingerprint density at radius 2 is 1.55 bits per heavy atom. The first-order valence-electron chi connectivity index (χ1n) is 8.31. The Labute approximate surface area is 130 Å². The topological polar surface area (TPSA) is 74.6 Å². The molecule has 120 valence electrons. The molecule has 4 atom stereocenters. The minimum atomic E-state index is -0.904. The number of rotatable bonds is 6. The van der Waals surface area contributed by atoms with Crippen molar-refractivity contribution in [3.63, 3.8) is 0 Å². The lowest BCUT2D eigenvalue weighted by atomic mass is 9.65. The number of carboxylic acids is 2. The Morgan fingerprint density at radius 1 is 0.955 bits per heavy atom. The fourth-order valence-corrected chi connectivity index (χ4v) is 5.75. The number of carbonyl (C=O) groups is 2. The zero-order chi connectivity index (χ0) is 15.7. The molecule has 2 bridgehead atoms. The number of allylic oxidation sites excluding steroid dienone is 2. The second-order valence-corrected chi connectivity index (χ2v) is 7.31. The van der Waals surface area contributed by atoms with Crippen LogP contribution in [0, 0.1) is 29.1 Å². The molecule has 0 spiro atoms. The van der Waals surface area contributed by atoms with Crippen molar-refractivity contribution < 1.29 is 19.8 Å². The molecule has 4 nitrogen and oxygen atoms in total. The summed E-state index contributed by atoms with van der Waals surface area (Å²) in [6, 6.07) is 0. The molecule has 3 aliphatic carbocycles. The van der Waals surface area contributed by atoms with Crippen LogP contribution in [0.5, 0.6) is 0 Å². The molecular weight excluding hydrogens is 280 g/mol. The van der Waals surface area contributed by atoms with Crippen molar-refractivity contribution in [2.24, 2.45) is 29.1 Å². The van der Waals surface area contributed by atoms with Crippen LogP contribution < -0.4 is 0 Å². The van der Waals surface area contributed by atoms with E-state index in [9.17, 15) is 9.59 Å². The van der Waals surface area contributed by atoms with Crippen molar-refractivity contribution >= 4 is 11.9 Å². The Kier molecular flexibility index (Phi) is 4.11. The molecular formula is C18H24O4. The molecule has 4 heteroatoms. The summed E-state index contributed by atoms with van der Waals surface area (Å²) in [5, 5.41) is 17.7. The van der Waals surface area contributed by atoms with Crippen LogP contribution in [0.2, 0.25) is 0 Å². The van der Waals surface area contributed by atoms with Crippen LogP contribution in [0.4, 0.5) is 0 Å². The molecule has 0 aliphatic heterocycles. The molecule has 0 aromatic heterocycles. The first-order valence-corrected chi connectivity index (χ1v) is 8.31.